The van der Waals surface area contributed by atoms with E-state index in [0.29, 0.717) is 10.9 Å². The Kier molecular flexibility index (Phi) is 5.90. The van der Waals surface area contributed by atoms with E-state index in [9.17, 15) is 13.6 Å². The summed E-state index contributed by atoms with van der Waals surface area (Å²) in [6.45, 7) is 1.83. The van der Waals surface area contributed by atoms with Crippen LogP contribution in [0.2, 0.25) is 0 Å². The molecule has 19 heavy (non-hydrogen) atoms. The lowest BCUT2D eigenvalue weighted by Crippen LogP contribution is -2.11. The third-order valence-electron chi connectivity index (χ3n) is 2.46. The van der Waals surface area contributed by atoms with Crippen molar-refractivity contribution in [3.05, 3.63) is 34.4 Å². The molecule has 0 unspecified atom stereocenters. The van der Waals surface area contributed by atoms with E-state index in [1.807, 2.05) is 0 Å². The Bertz CT molecular complexity index is 512. The first-order valence-electron chi connectivity index (χ1n) is 5.59. The van der Waals surface area contributed by atoms with Gasteiger partial charge in [-0.25, -0.2) is 8.78 Å². The van der Waals surface area contributed by atoms with Crippen LogP contribution in [0.1, 0.15) is 35.6 Å². The molecule has 3 nitrogen and oxygen atoms in total. The predicted molar refractivity (Wildman–Crippen MR) is 69.1 cm³/mol. The Morgan fingerprint density at radius 1 is 1.53 bits per heavy atom. The zero-order valence-corrected chi connectivity index (χ0v) is 11.8. The Hall–Kier alpha value is -1.48. The van der Waals surface area contributed by atoms with Crippen molar-refractivity contribution >= 4 is 21.9 Å². The Balaban J connectivity index is 3.26. The topological polar surface area (TPSA) is 50.1 Å². The molecule has 0 saturated carbocycles. The summed E-state index contributed by atoms with van der Waals surface area (Å²) in [5, 5.41) is 9.35. The number of nitrogens with zero attached hydrogens (tertiary/aromatic N) is 1. The van der Waals surface area contributed by atoms with Gasteiger partial charge in [-0.2, -0.15) is 5.26 Å². The average molecular weight is 332 g/mol. The number of hydrogen-bond donors (Lipinski definition) is 0. The number of nitriles is 1. The van der Waals surface area contributed by atoms with E-state index >= 15 is 0 Å². The summed E-state index contributed by atoms with van der Waals surface area (Å²) in [7, 11) is 0. The lowest BCUT2D eigenvalue weighted by Gasteiger charge is -2.12. The van der Waals surface area contributed by atoms with Gasteiger partial charge in [-0.05, 0) is 24.1 Å². The molecule has 1 aromatic carbocycles. The van der Waals surface area contributed by atoms with Crippen molar-refractivity contribution in [1.29, 1.82) is 5.26 Å². The second-order valence-corrected chi connectivity index (χ2v) is 4.30. The summed E-state index contributed by atoms with van der Waals surface area (Å²) < 4.78 is 30.8. The molecular weight excluding hydrogens is 320 g/mol. The van der Waals surface area contributed by atoms with E-state index < -0.39 is 12.4 Å². The highest BCUT2D eigenvalue weighted by atomic mass is 79.9. The van der Waals surface area contributed by atoms with Crippen LogP contribution in [0.5, 0.6) is 0 Å². The third-order valence-corrected chi connectivity index (χ3v) is 3.11. The minimum Gasteiger partial charge on any atom is -0.466 e. The average Bonchev–Trinajstić information content (AvgIpc) is 2.37. The van der Waals surface area contributed by atoms with E-state index in [1.54, 1.807) is 13.0 Å². The molecule has 0 atom stereocenters. The fraction of sp³-hybridized carbons (Fsp3) is 0.385. The van der Waals surface area contributed by atoms with Gasteiger partial charge >= 0.3 is 5.97 Å². The highest BCUT2D eigenvalue weighted by molar-refractivity contribution is 9.08. The van der Waals surface area contributed by atoms with Crippen LogP contribution in [0.4, 0.5) is 8.78 Å². The number of alkyl halides is 3. The summed E-state index contributed by atoms with van der Waals surface area (Å²) in [5.74, 6) is -0.583. The van der Waals surface area contributed by atoms with E-state index in [2.05, 4.69) is 15.9 Å². The van der Waals surface area contributed by atoms with Crippen molar-refractivity contribution in [1.82, 2.24) is 0 Å². The molecule has 0 N–H and O–H groups in total. The lowest BCUT2D eigenvalue weighted by atomic mass is 9.97. The fourth-order valence-corrected chi connectivity index (χ4v) is 2.04. The van der Waals surface area contributed by atoms with Crippen LogP contribution in [0.25, 0.3) is 0 Å². The molecule has 0 saturated heterocycles. The molecule has 0 amide bonds. The second-order valence-electron chi connectivity index (χ2n) is 3.74. The van der Waals surface area contributed by atoms with Crippen molar-refractivity contribution in [3.8, 4) is 6.07 Å². The van der Waals surface area contributed by atoms with E-state index in [-0.39, 0.29) is 29.7 Å². The van der Waals surface area contributed by atoms with Crippen LogP contribution in [0, 0.1) is 11.3 Å². The lowest BCUT2D eigenvalue weighted by molar-refractivity contribution is -0.142. The summed E-state index contributed by atoms with van der Waals surface area (Å²) in [6, 6.07) is 4.63. The van der Waals surface area contributed by atoms with Gasteiger partial charge in [-0.3, -0.25) is 4.79 Å². The molecule has 0 aromatic heterocycles. The predicted octanol–water partition coefficient (Wildman–Crippen LogP) is 3.50. The number of carbonyl (C=O) groups excluding carboxylic acids is 1. The normalized spacial score (nSPS) is 10.3. The molecule has 0 spiro atoms. The zero-order chi connectivity index (χ0) is 14.4. The molecule has 0 bridgehead atoms. The first-order valence-corrected chi connectivity index (χ1v) is 6.71. The van der Waals surface area contributed by atoms with Gasteiger partial charge in [0.25, 0.3) is 6.43 Å². The first kappa shape index (κ1) is 15.6. The summed E-state index contributed by atoms with van der Waals surface area (Å²) in [4.78, 5) is 11.4. The van der Waals surface area contributed by atoms with E-state index in [4.69, 9.17) is 10.00 Å². The van der Waals surface area contributed by atoms with E-state index in [1.165, 1.54) is 12.1 Å². The van der Waals surface area contributed by atoms with Crippen molar-refractivity contribution < 1.29 is 18.3 Å². The van der Waals surface area contributed by atoms with Crippen LogP contribution in [-0.2, 0) is 21.3 Å². The van der Waals surface area contributed by atoms with Crippen molar-refractivity contribution in [2.75, 3.05) is 6.61 Å². The van der Waals surface area contributed by atoms with Crippen LogP contribution in [0.15, 0.2) is 12.1 Å². The monoisotopic (exact) mass is 331 g/mol. The van der Waals surface area contributed by atoms with Gasteiger partial charge in [-0.1, -0.05) is 22.0 Å². The standard InChI is InChI=1S/C13H12BrF2NO2/c1-2-19-11(18)5-9-3-8(6-14)4-10(7-17)12(9)13(15)16/h3-4,13H,2,5-6H2,1H3. The van der Waals surface area contributed by atoms with E-state index in [0.717, 1.165) is 0 Å². The number of carbonyl (C=O) groups is 1. The zero-order valence-electron chi connectivity index (χ0n) is 10.3. The number of rotatable bonds is 5. The SMILES string of the molecule is CCOC(=O)Cc1cc(CBr)cc(C#N)c1C(F)F. The Morgan fingerprint density at radius 3 is 2.68 bits per heavy atom. The van der Waals surface area contributed by atoms with Crippen molar-refractivity contribution in [2.24, 2.45) is 0 Å². The van der Waals surface area contributed by atoms with Crippen LogP contribution in [-0.4, -0.2) is 12.6 Å². The second kappa shape index (κ2) is 7.19. The van der Waals surface area contributed by atoms with Gasteiger partial charge in [0.05, 0.1) is 24.7 Å². The molecule has 0 heterocycles. The maximum Gasteiger partial charge on any atom is 0.310 e. The van der Waals surface area contributed by atoms with Gasteiger partial charge in [0, 0.05) is 10.9 Å². The van der Waals surface area contributed by atoms with Crippen LogP contribution < -0.4 is 0 Å². The maximum atomic E-state index is 13.0. The highest BCUT2D eigenvalue weighted by Crippen LogP contribution is 2.29. The largest absolute Gasteiger partial charge is 0.466 e. The maximum absolute atomic E-state index is 13.0. The smallest absolute Gasteiger partial charge is 0.310 e. The molecule has 1 rings (SSSR count). The molecule has 0 aliphatic heterocycles. The Morgan fingerprint density at radius 2 is 2.21 bits per heavy atom. The highest BCUT2D eigenvalue weighted by Gasteiger charge is 2.21. The van der Waals surface area contributed by atoms with Crippen LogP contribution >= 0.6 is 15.9 Å². The summed E-state index contributed by atoms with van der Waals surface area (Å²) in [6.07, 6.45) is -3.06. The first-order chi connectivity index (χ1) is 9.03. The van der Waals surface area contributed by atoms with Gasteiger partial charge < -0.3 is 4.74 Å². The quantitative estimate of drug-likeness (QED) is 0.613. The van der Waals surface area contributed by atoms with Gasteiger partial charge in [0.15, 0.2) is 0 Å². The number of hydrogen-bond acceptors (Lipinski definition) is 3. The molecule has 0 aliphatic rings. The number of esters is 1. The van der Waals surface area contributed by atoms with Crippen LogP contribution in [0.3, 0.4) is 0 Å². The molecule has 6 heteroatoms. The summed E-state index contributed by atoms with van der Waals surface area (Å²) >= 11 is 3.20. The number of benzene rings is 1. The van der Waals surface area contributed by atoms with Gasteiger partial charge in [0.2, 0.25) is 0 Å². The molecular formula is C13H12BrF2NO2. The molecule has 0 radical (unpaired) electrons. The molecule has 0 aliphatic carbocycles. The minimum atomic E-state index is -2.80. The molecule has 102 valence electrons. The van der Waals surface area contributed by atoms with Crippen molar-refractivity contribution in [3.63, 3.8) is 0 Å². The van der Waals surface area contributed by atoms with Gasteiger partial charge in [0.1, 0.15) is 0 Å². The number of halogens is 3. The summed E-state index contributed by atoms with van der Waals surface area (Å²) in [5.41, 5.74) is 0.314. The Labute approximate surface area is 118 Å². The fourth-order valence-electron chi connectivity index (χ4n) is 1.72. The van der Waals surface area contributed by atoms with Gasteiger partial charge in [-0.15, -0.1) is 0 Å². The minimum absolute atomic E-state index is 0.105. The molecule has 1 aromatic rings. The van der Waals surface area contributed by atoms with Crippen molar-refractivity contribution in [2.45, 2.75) is 25.1 Å². The third kappa shape index (κ3) is 4.00. The molecule has 0 fully saturated rings. The number of ether oxygens (including phenoxy) is 1.